The molecule has 3 heteroatoms. The Kier molecular flexibility index (Phi) is 6.15. The summed E-state index contributed by atoms with van der Waals surface area (Å²) >= 11 is 0. The van der Waals surface area contributed by atoms with Crippen molar-refractivity contribution in [1.82, 2.24) is 0 Å². The first-order chi connectivity index (χ1) is 22.0. The molecule has 0 unspecified atom stereocenters. The van der Waals surface area contributed by atoms with Gasteiger partial charge in [-0.3, -0.25) is 0 Å². The van der Waals surface area contributed by atoms with Gasteiger partial charge in [-0.15, -0.1) is 0 Å². The summed E-state index contributed by atoms with van der Waals surface area (Å²) in [7, 11) is 8.40. The number of hydrogen-bond donors (Lipinski definition) is 0. The van der Waals surface area contributed by atoms with E-state index in [-0.39, 0.29) is 0 Å². The molecule has 0 aromatic heterocycles. The summed E-state index contributed by atoms with van der Waals surface area (Å²) in [6, 6.07) is 53.8. The van der Waals surface area contributed by atoms with Gasteiger partial charge < -0.3 is 14.5 Å². The Hall–Kier alpha value is -5.28. The maximum atomic E-state index is 6.76. The second-order valence-electron chi connectivity index (χ2n) is 12.6. The molecule has 3 nitrogen and oxygen atoms in total. The van der Waals surface area contributed by atoms with Gasteiger partial charge in [-0.25, -0.2) is 0 Å². The summed E-state index contributed by atoms with van der Waals surface area (Å²) in [4.78, 5) is 4.34. The molecule has 0 amide bonds. The van der Waals surface area contributed by atoms with E-state index in [0.717, 1.165) is 11.5 Å². The largest absolute Gasteiger partial charge is 0.457 e. The van der Waals surface area contributed by atoms with Crippen LogP contribution < -0.4 is 14.5 Å². The summed E-state index contributed by atoms with van der Waals surface area (Å²) < 4.78 is 6.76. The highest BCUT2D eigenvalue weighted by atomic mass is 16.5. The van der Waals surface area contributed by atoms with Gasteiger partial charge >= 0.3 is 0 Å². The van der Waals surface area contributed by atoms with E-state index in [1.807, 2.05) is 0 Å². The van der Waals surface area contributed by atoms with Crippen molar-refractivity contribution < 1.29 is 4.74 Å². The number of para-hydroxylation sites is 2. The Morgan fingerprint density at radius 3 is 1.16 bits per heavy atom. The van der Waals surface area contributed by atoms with Crippen LogP contribution in [-0.2, 0) is 10.8 Å². The Morgan fingerprint density at radius 2 is 0.733 bits per heavy atom. The minimum atomic E-state index is -0.664. The Morgan fingerprint density at radius 1 is 0.378 bits per heavy atom. The minimum absolute atomic E-state index is 0.663. The van der Waals surface area contributed by atoms with Crippen molar-refractivity contribution in [3.05, 3.63) is 179 Å². The van der Waals surface area contributed by atoms with Gasteiger partial charge in [-0.2, -0.15) is 0 Å². The van der Waals surface area contributed by atoms with Crippen molar-refractivity contribution in [3.8, 4) is 22.6 Å². The van der Waals surface area contributed by atoms with Crippen molar-refractivity contribution in [2.45, 2.75) is 10.8 Å². The molecule has 2 aliphatic rings. The van der Waals surface area contributed by atoms with Crippen molar-refractivity contribution in [1.29, 1.82) is 0 Å². The first kappa shape index (κ1) is 27.3. The fourth-order valence-corrected chi connectivity index (χ4v) is 8.11. The molecule has 1 aliphatic carbocycles. The fourth-order valence-electron chi connectivity index (χ4n) is 8.11. The molecule has 220 valence electrons. The summed E-state index contributed by atoms with van der Waals surface area (Å²) in [5, 5.41) is 0. The molecule has 1 spiro atoms. The molecule has 0 saturated heterocycles. The average molecular weight is 585 g/mol. The van der Waals surface area contributed by atoms with Gasteiger partial charge in [0.05, 0.1) is 10.8 Å². The standard InChI is InChI=1S/C42H36N2O/c1-43(2)31-25-21-29(22-26-31)41(30-23-27-32(28-24-30)44(3)4)35-15-7-5-13-33(35)34-14-6-8-16-36(34)42(41)37-17-9-11-19-39(37)45-40-20-12-10-18-38(40)42/h5-28H,1-4H3. The van der Waals surface area contributed by atoms with E-state index in [4.69, 9.17) is 4.74 Å². The number of fused-ring (bicyclic) bond motifs is 8. The molecule has 1 heterocycles. The van der Waals surface area contributed by atoms with Crippen molar-refractivity contribution >= 4 is 11.4 Å². The molecular weight excluding hydrogens is 548 g/mol. The molecule has 0 fully saturated rings. The summed E-state index contributed by atoms with van der Waals surface area (Å²) in [6.07, 6.45) is 0. The van der Waals surface area contributed by atoms with Gasteiger partial charge in [0.1, 0.15) is 11.5 Å². The summed E-state index contributed by atoms with van der Waals surface area (Å²) in [5.41, 5.74) is 10.9. The molecule has 0 saturated carbocycles. The number of nitrogens with zero attached hydrogens (tertiary/aromatic N) is 2. The molecule has 0 atom stereocenters. The van der Waals surface area contributed by atoms with Gasteiger partial charge in [0, 0.05) is 50.7 Å². The Bertz CT molecular complexity index is 1940. The van der Waals surface area contributed by atoms with Crippen LogP contribution >= 0.6 is 0 Å². The van der Waals surface area contributed by atoms with E-state index in [1.165, 1.54) is 55.9 Å². The monoisotopic (exact) mass is 584 g/mol. The molecule has 6 aromatic carbocycles. The van der Waals surface area contributed by atoms with E-state index < -0.39 is 10.8 Å². The first-order valence-corrected chi connectivity index (χ1v) is 15.6. The number of benzene rings is 6. The third kappa shape index (κ3) is 3.64. The van der Waals surface area contributed by atoms with E-state index in [2.05, 4.69) is 184 Å². The van der Waals surface area contributed by atoms with Crippen LogP contribution in [0, 0.1) is 0 Å². The second-order valence-corrected chi connectivity index (χ2v) is 12.6. The number of ether oxygens (including phenoxy) is 1. The maximum absolute atomic E-state index is 6.76. The summed E-state index contributed by atoms with van der Waals surface area (Å²) in [6.45, 7) is 0. The zero-order valence-corrected chi connectivity index (χ0v) is 26.2. The highest BCUT2D eigenvalue weighted by molar-refractivity contribution is 5.87. The first-order valence-electron chi connectivity index (χ1n) is 15.6. The Labute approximate surface area is 266 Å². The molecule has 0 N–H and O–H groups in total. The lowest BCUT2D eigenvalue weighted by molar-refractivity contribution is 0.350. The highest BCUT2D eigenvalue weighted by Gasteiger charge is 2.63. The predicted octanol–water partition coefficient (Wildman–Crippen LogP) is 9.27. The summed E-state index contributed by atoms with van der Waals surface area (Å²) in [5.74, 6) is 1.79. The van der Waals surface area contributed by atoms with E-state index in [1.54, 1.807) is 0 Å². The van der Waals surface area contributed by atoms with Crippen LogP contribution in [0.4, 0.5) is 11.4 Å². The fraction of sp³-hybridized carbons (Fsp3) is 0.143. The third-order valence-corrected chi connectivity index (χ3v) is 9.95. The zero-order valence-electron chi connectivity index (χ0n) is 26.2. The van der Waals surface area contributed by atoms with Crippen molar-refractivity contribution in [2.75, 3.05) is 38.0 Å². The highest BCUT2D eigenvalue weighted by Crippen LogP contribution is 2.69. The average Bonchev–Trinajstić information content (AvgIpc) is 3.09. The van der Waals surface area contributed by atoms with Gasteiger partial charge in [-0.05, 0) is 69.8 Å². The van der Waals surface area contributed by atoms with Crippen LogP contribution in [0.3, 0.4) is 0 Å². The van der Waals surface area contributed by atoms with Gasteiger partial charge in [0.25, 0.3) is 0 Å². The van der Waals surface area contributed by atoms with Gasteiger partial charge in [0.2, 0.25) is 0 Å². The molecule has 0 radical (unpaired) electrons. The molecule has 8 rings (SSSR count). The third-order valence-electron chi connectivity index (χ3n) is 9.95. The van der Waals surface area contributed by atoms with E-state index >= 15 is 0 Å². The molecular formula is C42H36N2O. The number of hydrogen-bond acceptors (Lipinski definition) is 3. The van der Waals surface area contributed by atoms with E-state index in [9.17, 15) is 0 Å². The molecule has 45 heavy (non-hydrogen) atoms. The lowest BCUT2D eigenvalue weighted by atomic mass is 9.43. The quantitative estimate of drug-likeness (QED) is 0.205. The van der Waals surface area contributed by atoms with Crippen LogP contribution in [0.5, 0.6) is 11.5 Å². The van der Waals surface area contributed by atoms with Crippen LogP contribution in [0.2, 0.25) is 0 Å². The second kappa shape index (κ2) is 10.1. The number of rotatable bonds is 4. The predicted molar refractivity (Wildman–Crippen MR) is 186 cm³/mol. The lowest BCUT2D eigenvalue weighted by Gasteiger charge is -2.58. The maximum Gasteiger partial charge on any atom is 0.131 e. The van der Waals surface area contributed by atoms with E-state index in [0.29, 0.717) is 0 Å². The zero-order chi connectivity index (χ0) is 30.8. The van der Waals surface area contributed by atoms with Crippen LogP contribution in [-0.4, -0.2) is 28.2 Å². The normalized spacial score (nSPS) is 14.8. The van der Waals surface area contributed by atoms with Gasteiger partial charge in [0.15, 0.2) is 0 Å². The van der Waals surface area contributed by atoms with Crippen molar-refractivity contribution in [3.63, 3.8) is 0 Å². The topological polar surface area (TPSA) is 15.7 Å². The van der Waals surface area contributed by atoms with Gasteiger partial charge in [-0.1, -0.05) is 109 Å². The smallest absolute Gasteiger partial charge is 0.131 e. The van der Waals surface area contributed by atoms with Crippen molar-refractivity contribution in [2.24, 2.45) is 0 Å². The number of anilines is 2. The molecule has 1 aliphatic heterocycles. The Balaban J connectivity index is 1.65. The minimum Gasteiger partial charge on any atom is -0.457 e. The molecule has 0 bridgehead atoms. The lowest BCUT2D eigenvalue weighted by Crippen LogP contribution is -2.55. The van der Waals surface area contributed by atoms with Crippen LogP contribution in [0.1, 0.15) is 33.4 Å². The molecule has 6 aromatic rings. The SMILES string of the molecule is CN(C)c1ccc(C2(c3ccc(N(C)C)cc3)c3ccccc3-c3ccccc3C23c2ccccc2Oc2ccccc23)cc1. The van der Waals surface area contributed by atoms with Crippen LogP contribution in [0.25, 0.3) is 11.1 Å². The van der Waals surface area contributed by atoms with Crippen LogP contribution in [0.15, 0.2) is 146 Å².